The summed E-state index contributed by atoms with van der Waals surface area (Å²) in [5.41, 5.74) is 1.36. The van der Waals surface area contributed by atoms with Gasteiger partial charge in [-0.2, -0.15) is 0 Å². The van der Waals surface area contributed by atoms with Gasteiger partial charge < -0.3 is 5.32 Å². The molecule has 1 N–H and O–H groups in total. The molecule has 1 aliphatic heterocycles. The lowest BCUT2D eigenvalue weighted by molar-refractivity contribution is -0.142. The molecule has 1 aromatic carbocycles. The summed E-state index contributed by atoms with van der Waals surface area (Å²) in [4.78, 5) is 39.4. The monoisotopic (exact) mass is 370 g/mol. The fourth-order valence-corrected chi connectivity index (χ4v) is 5.43. The van der Waals surface area contributed by atoms with Gasteiger partial charge in [-0.3, -0.25) is 19.3 Å². The topological polar surface area (TPSA) is 66.5 Å². The Balaban J connectivity index is 1.34. The lowest BCUT2D eigenvalue weighted by atomic mass is 9.63. The van der Waals surface area contributed by atoms with Gasteiger partial charge in [0, 0.05) is 10.7 Å². The molecule has 0 aromatic heterocycles. The fourth-order valence-electron chi connectivity index (χ4n) is 5.25. The molecule has 6 heteroatoms. The quantitative estimate of drug-likeness (QED) is 0.657. The van der Waals surface area contributed by atoms with Crippen LogP contribution in [-0.4, -0.2) is 29.2 Å². The van der Waals surface area contributed by atoms with Gasteiger partial charge in [-0.05, 0) is 54.7 Å². The SMILES string of the molecule is Cc1c(Cl)cccc1NC(=O)CN1C(=O)[C@H]2[C@@H]3C=C[C@@H]([C@H]4C[C@H]34)[C@@H]2C1=O. The minimum Gasteiger partial charge on any atom is -0.324 e. The van der Waals surface area contributed by atoms with E-state index in [-0.39, 0.29) is 47.9 Å². The molecule has 3 amide bonds. The van der Waals surface area contributed by atoms with Gasteiger partial charge in [0.05, 0.1) is 11.8 Å². The van der Waals surface area contributed by atoms with E-state index in [1.165, 1.54) is 4.90 Å². The number of nitrogens with one attached hydrogen (secondary N) is 1. The lowest BCUT2D eigenvalue weighted by Crippen LogP contribution is -2.40. The highest BCUT2D eigenvalue weighted by atomic mass is 35.5. The molecule has 3 fully saturated rings. The number of nitrogens with zero attached hydrogens (tertiary/aromatic N) is 1. The maximum Gasteiger partial charge on any atom is 0.244 e. The Bertz CT molecular complexity index is 844. The van der Waals surface area contributed by atoms with Crippen molar-refractivity contribution < 1.29 is 14.4 Å². The number of hydrogen-bond donors (Lipinski definition) is 1. The van der Waals surface area contributed by atoms with Crippen LogP contribution in [0.3, 0.4) is 0 Å². The van der Waals surface area contributed by atoms with E-state index in [0.29, 0.717) is 22.5 Å². The van der Waals surface area contributed by atoms with E-state index in [4.69, 9.17) is 11.6 Å². The Morgan fingerprint density at radius 1 is 1.15 bits per heavy atom. The molecule has 4 aliphatic carbocycles. The summed E-state index contributed by atoms with van der Waals surface area (Å²) in [7, 11) is 0. The molecule has 134 valence electrons. The highest BCUT2D eigenvalue weighted by Gasteiger charge is 2.67. The van der Waals surface area contributed by atoms with Crippen molar-refractivity contribution in [2.75, 3.05) is 11.9 Å². The molecule has 0 unspecified atom stereocenters. The van der Waals surface area contributed by atoms with Crippen molar-refractivity contribution in [3.05, 3.63) is 40.9 Å². The number of rotatable bonds is 3. The molecule has 5 aliphatic rings. The predicted molar refractivity (Wildman–Crippen MR) is 96.2 cm³/mol. The minimum atomic E-state index is -0.374. The Kier molecular flexibility index (Phi) is 3.35. The zero-order valence-corrected chi connectivity index (χ0v) is 15.1. The van der Waals surface area contributed by atoms with Gasteiger partial charge in [0.1, 0.15) is 6.54 Å². The van der Waals surface area contributed by atoms with Crippen molar-refractivity contribution in [3.63, 3.8) is 0 Å². The molecule has 0 radical (unpaired) electrons. The fraction of sp³-hybridized carbons (Fsp3) is 0.450. The van der Waals surface area contributed by atoms with Crippen LogP contribution in [0.4, 0.5) is 5.69 Å². The van der Waals surface area contributed by atoms with Crippen molar-refractivity contribution in [1.29, 1.82) is 0 Å². The lowest BCUT2D eigenvalue weighted by Gasteiger charge is -2.37. The third-order valence-corrected chi connectivity index (χ3v) is 7.01. The summed E-state index contributed by atoms with van der Waals surface area (Å²) in [6.07, 6.45) is 5.39. The van der Waals surface area contributed by atoms with E-state index in [0.717, 1.165) is 12.0 Å². The van der Waals surface area contributed by atoms with Crippen molar-refractivity contribution in [1.82, 2.24) is 4.90 Å². The summed E-state index contributed by atoms with van der Waals surface area (Å²) >= 11 is 6.08. The largest absolute Gasteiger partial charge is 0.324 e. The number of allylic oxidation sites excluding steroid dienone is 2. The van der Waals surface area contributed by atoms with Gasteiger partial charge in [-0.1, -0.05) is 29.8 Å². The third-order valence-electron chi connectivity index (χ3n) is 6.60. The van der Waals surface area contributed by atoms with E-state index in [9.17, 15) is 14.4 Å². The molecular weight excluding hydrogens is 352 g/mol. The zero-order valence-electron chi connectivity index (χ0n) is 14.3. The minimum absolute atomic E-state index is 0.176. The van der Waals surface area contributed by atoms with Gasteiger partial charge in [0.2, 0.25) is 17.7 Å². The summed E-state index contributed by atoms with van der Waals surface area (Å²) in [6, 6.07) is 5.25. The van der Waals surface area contributed by atoms with E-state index in [2.05, 4.69) is 17.5 Å². The van der Waals surface area contributed by atoms with E-state index >= 15 is 0 Å². The van der Waals surface area contributed by atoms with Crippen LogP contribution in [0.25, 0.3) is 0 Å². The molecule has 0 spiro atoms. The highest BCUT2D eigenvalue weighted by Crippen LogP contribution is 2.65. The number of amides is 3. The first-order valence-corrected chi connectivity index (χ1v) is 9.43. The second-order valence-electron chi connectivity index (χ2n) is 7.88. The number of anilines is 1. The van der Waals surface area contributed by atoms with Crippen LogP contribution in [0.1, 0.15) is 12.0 Å². The summed E-state index contributed by atoms with van der Waals surface area (Å²) < 4.78 is 0. The van der Waals surface area contributed by atoms with Gasteiger partial charge in [-0.25, -0.2) is 0 Å². The van der Waals surface area contributed by atoms with Gasteiger partial charge in [0.15, 0.2) is 0 Å². The number of halogens is 1. The first-order valence-electron chi connectivity index (χ1n) is 9.06. The smallest absolute Gasteiger partial charge is 0.244 e. The Morgan fingerprint density at radius 3 is 2.38 bits per heavy atom. The average Bonchev–Trinajstić information content (AvgIpc) is 3.40. The van der Waals surface area contributed by atoms with E-state index in [1.54, 1.807) is 18.2 Å². The van der Waals surface area contributed by atoms with Crippen LogP contribution < -0.4 is 5.32 Å². The molecule has 5 nitrogen and oxygen atoms in total. The molecule has 1 saturated heterocycles. The van der Waals surface area contributed by atoms with Crippen molar-refractivity contribution in [3.8, 4) is 0 Å². The first-order chi connectivity index (χ1) is 12.5. The first kappa shape index (κ1) is 16.1. The number of carbonyl (C=O) groups excluding carboxylic acids is 3. The third kappa shape index (κ3) is 2.13. The summed E-state index contributed by atoms with van der Waals surface area (Å²) in [5.74, 6) is 0.219. The van der Waals surface area contributed by atoms with Crippen molar-refractivity contribution in [2.24, 2.45) is 35.5 Å². The number of benzene rings is 1. The van der Waals surface area contributed by atoms with E-state index in [1.807, 2.05) is 6.92 Å². The van der Waals surface area contributed by atoms with Crippen LogP contribution in [0.15, 0.2) is 30.4 Å². The molecule has 6 atom stereocenters. The van der Waals surface area contributed by atoms with Crippen molar-refractivity contribution in [2.45, 2.75) is 13.3 Å². The molecular formula is C20H19ClN2O3. The second-order valence-corrected chi connectivity index (χ2v) is 8.28. The average molecular weight is 371 g/mol. The Labute approximate surface area is 156 Å². The second kappa shape index (κ2) is 5.43. The number of carbonyl (C=O) groups is 3. The van der Waals surface area contributed by atoms with Gasteiger partial charge in [-0.15, -0.1) is 0 Å². The Hall–Kier alpha value is -2.14. The van der Waals surface area contributed by atoms with Crippen LogP contribution in [0.2, 0.25) is 5.02 Å². The van der Waals surface area contributed by atoms with E-state index < -0.39 is 0 Å². The number of likely N-dealkylation sites (tertiary alicyclic amines) is 1. The maximum absolute atomic E-state index is 12.9. The van der Waals surface area contributed by atoms with Crippen molar-refractivity contribution >= 4 is 35.0 Å². The molecule has 2 saturated carbocycles. The highest BCUT2D eigenvalue weighted by molar-refractivity contribution is 6.31. The Morgan fingerprint density at radius 2 is 1.77 bits per heavy atom. The van der Waals surface area contributed by atoms with Crippen LogP contribution >= 0.6 is 11.6 Å². The zero-order chi connectivity index (χ0) is 18.2. The number of hydrogen-bond acceptors (Lipinski definition) is 3. The number of imide groups is 1. The normalized spacial score (nSPS) is 36.2. The van der Waals surface area contributed by atoms with Crippen LogP contribution in [0, 0.1) is 42.4 Å². The predicted octanol–water partition coefficient (Wildman–Crippen LogP) is 2.64. The molecule has 6 rings (SSSR count). The van der Waals surface area contributed by atoms with Gasteiger partial charge in [0.25, 0.3) is 0 Å². The van der Waals surface area contributed by atoms with Crippen LogP contribution in [0.5, 0.6) is 0 Å². The molecule has 26 heavy (non-hydrogen) atoms. The van der Waals surface area contributed by atoms with Gasteiger partial charge >= 0.3 is 0 Å². The standard InChI is InChI=1S/C20H19ClN2O3/c1-9-14(21)3-2-4-15(9)22-16(24)8-23-19(25)17-10-5-6-11(13-7-12(10)13)18(17)20(23)26/h2-6,10-13,17-18H,7-8H2,1H3,(H,22,24)/t10-,11+,12-,13-,17+,18+/m1/s1. The summed E-state index contributed by atoms with van der Waals surface area (Å²) in [5, 5.41) is 3.33. The summed E-state index contributed by atoms with van der Waals surface area (Å²) in [6.45, 7) is 1.58. The molecule has 2 bridgehead atoms. The maximum atomic E-state index is 12.9. The molecule has 1 heterocycles. The van der Waals surface area contributed by atoms with Crippen LogP contribution in [-0.2, 0) is 14.4 Å². The molecule has 1 aromatic rings.